The number of nitrogens with one attached hydrogen (secondary N) is 2. The van der Waals surface area contributed by atoms with Crippen molar-refractivity contribution in [2.24, 2.45) is 0 Å². The van der Waals surface area contributed by atoms with Crippen molar-refractivity contribution in [3.05, 3.63) is 35.7 Å². The molecule has 2 N–H and O–H groups in total. The van der Waals surface area contributed by atoms with Crippen LogP contribution < -0.4 is 10.6 Å². The third kappa shape index (κ3) is 3.75. The molecule has 0 atom stereocenters. The van der Waals surface area contributed by atoms with Crippen LogP contribution in [-0.2, 0) is 4.79 Å². The summed E-state index contributed by atoms with van der Waals surface area (Å²) in [6.07, 6.45) is 9.48. The first-order chi connectivity index (χ1) is 11.6. The van der Waals surface area contributed by atoms with Gasteiger partial charge < -0.3 is 10.6 Å². The Balaban J connectivity index is 1.51. The SMILES string of the molecule is Cc1cccn2ncc(C(=O)NCCC(=O)NC3CCCCC3)c12. The highest BCUT2D eigenvalue weighted by molar-refractivity contribution is 6.01. The van der Waals surface area contributed by atoms with Gasteiger partial charge in [0.2, 0.25) is 5.91 Å². The Morgan fingerprint density at radius 2 is 2.08 bits per heavy atom. The molecule has 0 saturated heterocycles. The van der Waals surface area contributed by atoms with E-state index < -0.39 is 0 Å². The Morgan fingerprint density at radius 3 is 2.88 bits per heavy atom. The molecule has 2 aromatic rings. The van der Waals surface area contributed by atoms with Crippen molar-refractivity contribution in [1.82, 2.24) is 20.2 Å². The molecular formula is C18H24N4O2. The van der Waals surface area contributed by atoms with Gasteiger partial charge in [0.25, 0.3) is 5.91 Å². The van der Waals surface area contributed by atoms with E-state index in [1.807, 2.05) is 25.3 Å². The number of rotatable bonds is 5. The number of carbonyl (C=O) groups is 2. The van der Waals surface area contributed by atoms with Crippen LogP contribution in [0.2, 0.25) is 0 Å². The molecule has 6 nitrogen and oxygen atoms in total. The molecule has 0 unspecified atom stereocenters. The Morgan fingerprint density at radius 1 is 1.29 bits per heavy atom. The van der Waals surface area contributed by atoms with Crippen molar-refractivity contribution in [2.75, 3.05) is 6.54 Å². The summed E-state index contributed by atoms with van der Waals surface area (Å²) in [5, 5.41) is 10.1. The van der Waals surface area contributed by atoms with Gasteiger partial charge in [0.05, 0.1) is 17.3 Å². The number of amides is 2. The second kappa shape index (κ2) is 7.47. The Bertz CT molecular complexity index is 732. The van der Waals surface area contributed by atoms with Crippen LogP contribution in [0, 0.1) is 6.92 Å². The number of nitrogens with zero attached hydrogens (tertiary/aromatic N) is 2. The number of pyridine rings is 1. The van der Waals surface area contributed by atoms with E-state index in [-0.39, 0.29) is 11.8 Å². The monoisotopic (exact) mass is 328 g/mol. The van der Waals surface area contributed by atoms with Gasteiger partial charge in [-0.1, -0.05) is 25.3 Å². The molecule has 0 bridgehead atoms. The van der Waals surface area contributed by atoms with Crippen molar-refractivity contribution in [1.29, 1.82) is 0 Å². The number of carbonyl (C=O) groups excluding carboxylic acids is 2. The summed E-state index contributed by atoms with van der Waals surface area (Å²) in [6.45, 7) is 2.28. The highest BCUT2D eigenvalue weighted by atomic mass is 16.2. The van der Waals surface area contributed by atoms with E-state index >= 15 is 0 Å². The molecule has 1 fully saturated rings. The summed E-state index contributed by atoms with van der Waals surface area (Å²) in [5.74, 6) is -0.178. The average molecular weight is 328 g/mol. The molecule has 0 aliphatic heterocycles. The molecule has 1 aliphatic rings. The molecule has 6 heteroatoms. The second-order valence-corrected chi connectivity index (χ2v) is 6.45. The smallest absolute Gasteiger partial charge is 0.255 e. The Hall–Kier alpha value is -2.37. The van der Waals surface area contributed by atoms with Gasteiger partial charge in [-0.3, -0.25) is 9.59 Å². The lowest BCUT2D eigenvalue weighted by molar-refractivity contribution is -0.121. The molecule has 3 rings (SSSR count). The molecular weight excluding hydrogens is 304 g/mol. The van der Waals surface area contributed by atoms with Gasteiger partial charge in [-0.15, -0.1) is 0 Å². The first kappa shape index (κ1) is 16.5. The highest BCUT2D eigenvalue weighted by Crippen LogP contribution is 2.17. The minimum atomic E-state index is -0.190. The predicted octanol–water partition coefficient (Wildman–Crippen LogP) is 2.21. The van der Waals surface area contributed by atoms with Crippen LogP contribution in [0.4, 0.5) is 0 Å². The topological polar surface area (TPSA) is 75.5 Å². The lowest BCUT2D eigenvalue weighted by Gasteiger charge is -2.22. The van der Waals surface area contributed by atoms with E-state index in [9.17, 15) is 9.59 Å². The molecule has 128 valence electrons. The van der Waals surface area contributed by atoms with Crippen molar-refractivity contribution < 1.29 is 9.59 Å². The molecule has 1 aliphatic carbocycles. The molecule has 24 heavy (non-hydrogen) atoms. The number of fused-ring (bicyclic) bond motifs is 1. The van der Waals surface area contributed by atoms with Crippen LogP contribution in [0.25, 0.3) is 5.52 Å². The summed E-state index contributed by atoms with van der Waals surface area (Å²) >= 11 is 0. The summed E-state index contributed by atoms with van der Waals surface area (Å²) in [4.78, 5) is 24.3. The van der Waals surface area contributed by atoms with Crippen LogP contribution in [0.3, 0.4) is 0 Å². The summed E-state index contributed by atoms with van der Waals surface area (Å²) in [5.41, 5.74) is 2.35. The van der Waals surface area contributed by atoms with E-state index in [0.29, 0.717) is 24.6 Å². The van der Waals surface area contributed by atoms with Crippen molar-refractivity contribution in [3.8, 4) is 0 Å². The molecule has 2 heterocycles. The van der Waals surface area contributed by atoms with Gasteiger partial charge in [0, 0.05) is 25.2 Å². The average Bonchev–Trinajstić information content (AvgIpc) is 3.01. The van der Waals surface area contributed by atoms with Crippen LogP contribution in [0.15, 0.2) is 24.5 Å². The molecule has 2 aromatic heterocycles. The molecule has 0 aromatic carbocycles. The molecule has 0 spiro atoms. The minimum Gasteiger partial charge on any atom is -0.353 e. The number of hydrogen-bond acceptors (Lipinski definition) is 3. The van der Waals surface area contributed by atoms with Gasteiger partial charge in [-0.05, 0) is 31.4 Å². The zero-order valence-corrected chi connectivity index (χ0v) is 14.0. The van der Waals surface area contributed by atoms with Crippen LogP contribution in [-0.4, -0.2) is 34.0 Å². The van der Waals surface area contributed by atoms with Crippen LogP contribution >= 0.6 is 0 Å². The standard InChI is InChI=1S/C18H24N4O2/c1-13-6-5-11-22-17(13)15(12-20-22)18(24)19-10-9-16(23)21-14-7-3-2-4-8-14/h5-6,11-12,14H,2-4,7-10H2,1H3,(H,19,24)(H,21,23). The van der Waals surface area contributed by atoms with Gasteiger partial charge >= 0.3 is 0 Å². The maximum absolute atomic E-state index is 12.3. The van der Waals surface area contributed by atoms with E-state index in [0.717, 1.165) is 23.9 Å². The Labute approximate surface area is 141 Å². The summed E-state index contributed by atoms with van der Waals surface area (Å²) in [6, 6.07) is 4.15. The van der Waals surface area contributed by atoms with Gasteiger partial charge in [0.1, 0.15) is 0 Å². The molecule has 0 radical (unpaired) electrons. The molecule has 1 saturated carbocycles. The predicted molar refractivity (Wildman–Crippen MR) is 91.9 cm³/mol. The summed E-state index contributed by atoms with van der Waals surface area (Å²) in [7, 11) is 0. The van der Waals surface area contributed by atoms with Gasteiger partial charge in [-0.25, -0.2) is 4.52 Å². The van der Waals surface area contributed by atoms with E-state index in [4.69, 9.17) is 0 Å². The number of aromatic nitrogens is 2. The van der Waals surface area contributed by atoms with E-state index in [1.54, 1.807) is 10.7 Å². The number of aryl methyl sites for hydroxylation is 1. The van der Waals surface area contributed by atoms with Crippen molar-refractivity contribution in [3.63, 3.8) is 0 Å². The Kier molecular flexibility index (Phi) is 5.13. The van der Waals surface area contributed by atoms with Crippen molar-refractivity contribution >= 4 is 17.3 Å². The highest BCUT2D eigenvalue weighted by Gasteiger charge is 2.17. The quantitative estimate of drug-likeness (QED) is 0.883. The lowest BCUT2D eigenvalue weighted by atomic mass is 9.95. The first-order valence-corrected chi connectivity index (χ1v) is 8.65. The third-order valence-corrected chi connectivity index (χ3v) is 4.59. The normalized spacial score (nSPS) is 15.4. The fraction of sp³-hybridized carbons (Fsp3) is 0.500. The largest absolute Gasteiger partial charge is 0.353 e. The van der Waals surface area contributed by atoms with E-state index in [2.05, 4.69) is 15.7 Å². The second-order valence-electron chi connectivity index (χ2n) is 6.45. The first-order valence-electron chi connectivity index (χ1n) is 8.65. The lowest BCUT2D eigenvalue weighted by Crippen LogP contribution is -2.38. The van der Waals surface area contributed by atoms with Gasteiger partial charge in [-0.2, -0.15) is 5.10 Å². The zero-order chi connectivity index (χ0) is 16.9. The number of hydrogen-bond donors (Lipinski definition) is 2. The molecule has 2 amide bonds. The fourth-order valence-corrected chi connectivity index (χ4v) is 3.31. The zero-order valence-electron chi connectivity index (χ0n) is 14.0. The van der Waals surface area contributed by atoms with Crippen molar-refractivity contribution in [2.45, 2.75) is 51.5 Å². The van der Waals surface area contributed by atoms with Gasteiger partial charge in [0.15, 0.2) is 0 Å². The summed E-state index contributed by atoms with van der Waals surface area (Å²) < 4.78 is 1.69. The maximum atomic E-state index is 12.3. The third-order valence-electron chi connectivity index (χ3n) is 4.59. The van der Waals surface area contributed by atoms with Crippen LogP contribution in [0.5, 0.6) is 0 Å². The maximum Gasteiger partial charge on any atom is 0.255 e. The van der Waals surface area contributed by atoms with E-state index in [1.165, 1.54) is 19.3 Å². The van der Waals surface area contributed by atoms with Crippen LogP contribution in [0.1, 0.15) is 54.4 Å². The fourth-order valence-electron chi connectivity index (χ4n) is 3.31. The minimum absolute atomic E-state index is 0.0123.